The third-order valence-electron chi connectivity index (χ3n) is 3.97. The number of nitrogens with zero attached hydrogens (tertiary/aromatic N) is 2. The van der Waals surface area contributed by atoms with Gasteiger partial charge in [-0.25, -0.2) is 4.79 Å². The van der Waals surface area contributed by atoms with E-state index in [2.05, 4.69) is 26.2 Å². The van der Waals surface area contributed by atoms with E-state index < -0.39 is 0 Å². The van der Waals surface area contributed by atoms with Crippen molar-refractivity contribution in [3.8, 4) is 0 Å². The van der Waals surface area contributed by atoms with Crippen molar-refractivity contribution >= 4 is 27.6 Å². The van der Waals surface area contributed by atoms with Crippen molar-refractivity contribution < 1.29 is 9.90 Å². The van der Waals surface area contributed by atoms with Gasteiger partial charge in [0.1, 0.15) is 0 Å². The summed E-state index contributed by atoms with van der Waals surface area (Å²) in [5.74, 6) is 0.530. The number of amides is 2. The number of likely N-dealkylation sites (tertiary alicyclic amines) is 1. The maximum Gasteiger partial charge on any atom is 0.321 e. The van der Waals surface area contributed by atoms with E-state index in [1.54, 1.807) is 6.20 Å². The highest BCUT2D eigenvalue weighted by Crippen LogP contribution is 2.22. The number of carbonyl (C=O) groups is 1. The quantitative estimate of drug-likeness (QED) is 0.874. The predicted octanol–water partition coefficient (Wildman–Crippen LogP) is 3.17. The minimum Gasteiger partial charge on any atom is -0.396 e. The predicted molar refractivity (Wildman–Crippen MR) is 86.3 cm³/mol. The Bertz CT molecular complexity index is 496. The number of anilines is 1. The van der Waals surface area contributed by atoms with Gasteiger partial charge < -0.3 is 15.3 Å². The Kier molecular flexibility index (Phi) is 5.99. The minimum atomic E-state index is -0.0670. The van der Waals surface area contributed by atoms with E-state index in [1.165, 1.54) is 0 Å². The summed E-state index contributed by atoms with van der Waals surface area (Å²) >= 11 is 3.37. The molecular weight excluding hydrogens is 334 g/mol. The van der Waals surface area contributed by atoms with E-state index in [0.717, 1.165) is 54.6 Å². The molecule has 0 saturated carbocycles. The van der Waals surface area contributed by atoms with Gasteiger partial charge in [-0.05, 0) is 60.5 Å². The lowest BCUT2D eigenvalue weighted by Crippen LogP contribution is -2.36. The van der Waals surface area contributed by atoms with Crippen molar-refractivity contribution in [3.05, 3.63) is 22.4 Å². The molecule has 0 aromatic carbocycles. The summed E-state index contributed by atoms with van der Waals surface area (Å²) < 4.78 is 0.849. The monoisotopic (exact) mass is 355 g/mol. The lowest BCUT2D eigenvalue weighted by molar-refractivity contribution is 0.211. The van der Waals surface area contributed by atoms with E-state index in [0.29, 0.717) is 5.92 Å². The molecule has 0 radical (unpaired) electrons. The number of aliphatic hydroxyl groups excluding tert-OH is 1. The Labute approximate surface area is 133 Å². The van der Waals surface area contributed by atoms with Crippen molar-refractivity contribution in [2.75, 3.05) is 25.0 Å². The number of halogens is 1. The second kappa shape index (κ2) is 7.75. The van der Waals surface area contributed by atoms with Crippen molar-refractivity contribution in [3.63, 3.8) is 0 Å². The molecule has 1 saturated heterocycles. The Morgan fingerprint density at radius 2 is 2.33 bits per heavy atom. The highest BCUT2D eigenvalue weighted by Gasteiger charge is 2.20. The van der Waals surface area contributed by atoms with Crippen LogP contribution in [0.2, 0.25) is 0 Å². The van der Waals surface area contributed by atoms with Gasteiger partial charge in [-0.3, -0.25) is 4.98 Å². The zero-order valence-corrected chi connectivity index (χ0v) is 13.9. The van der Waals surface area contributed by atoms with E-state index in [-0.39, 0.29) is 12.6 Å². The average molecular weight is 356 g/mol. The number of carbonyl (C=O) groups excluding carboxylic acids is 1. The number of aryl methyl sites for hydroxylation is 1. The summed E-state index contributed by atoms with van der Waals surface area (Å²) in [5, 5.41) is 12.0. The maximum atomic E-state index is 12.4. The van der Waals surface area contributed by atoms with E-state index in [9.17, 15) is 4.79 Å². The lowest BCUT2D eigenvalue weighted by Gasteiger charge is -2.21. The van der Waals surface area contributed by atoms with E-state index >= 15 is 0 Å². The number of aromatic nitrogens is 1. The van der Waals surface area contributed by atoms with Crippen LogP contribution in [0.3, 0.4) is 0 Å². The van der Waals surface area contributed by atoms with Crippen LogP contribution in [0, 0.1) is 12.8 Å². The standard InChI is InChI=1S/C15H22BrN3O2/c1-11-14(9-13(16)10-17-11)18-15(21)19-6-2-3-12(4-7-19)5-8-20/h9-10,12,20H,2-8H2,1H3,(H,18,21). The van der Waals surface area contributed by atoms with Crippen molar-refractivity contribution in [1.29, 1.82) is 0 Å². The fourth-order valence-corrected chi connectivity index (χ4v) is 3.00. The van der Waals surface area contributed by atoms with Gasteiger partial charge >= 0.3 is 6.03 Å². The second-order valence-corrected chi connectivity index (χ2v) is 6.43. The molecule has 1 aliphatic rings. The number of hydrogen-bond donors (Lipinski definition) is 2. The Morgan fingerprint density at radius 3 is 3.10 bits per heavy atom. The third-order valence-corrected chi connectivity index (χ3v) is 4.40. The van der Waals surface area contributed by atoms with Crippen LogP contribution in [0.15, 0.2) is 16.7 Å². The molecule has 116 valence electrons. The number of aliphatic hydroxyl groups is 1. The number of rotatable bonds is 3. The van der Waals surface area contributed by atoms with E-state index in [1.807, 2.05) is 17.9 Å². The molecule has 1 aromatic heterocycles. The molecule has 2 heterocycles. The lowest BCUT2D eigenvalue weighted by atomic mass is 9.98. The zero-order chi connectivity index (χ0) is 15.2. The average Bonchev–Trinajstić information content (AvgIpc) is 2.69. The third kappa shape index (κ3) is 4.68. The fraction of sp³-hybridized carbons (Fsp3) is 0.600. The van der Waals surface area contributed by atoms with Gasteiger partial charge in [0.15, 0.2) is 0 Å². The van der Waals surface area contributed by atoms with Gasteiger partial charge in [0.25, 0.3) is 0 Å². The molecule has 6 heteroatoms. The molecule has 2 N–H and O–H groups in total. The molecule has 0 spiro atoms. The summed E-state index contributed by atoms with van der Waals surface area (Å²) in [5.41, 5.74) is 1.55. The Balaban J connectivity index is 1.95. The Morgan fingerprint density at radius 1 is 1.52 bits per heavy atom. The van der Waals surface area contributed by atoms with Crippen molar-refractivity contribution in [2.24, 2.45) is 5.92 Å². The molecular formula is C15H22BrN3O2. The van der Waals surface area contributed by atoms with Crippen molar-refractivity contribution in [1.82, 2.24) is 9.88 Å². The van der Waals surface area contributed by atoms with Crippen LogP contribution in [-0.2, 0) is 0 Å². The molecule has 21 heavy (non-hydrogen) atoms. The summed E-state index contributed by atoms with van der Waals surface area (Å²) in [4.78, 5) is 18.5. The Hall–Kier alpha value is -1.14. The summed E-state index contributed by atoms with van der Waals surface area (Å²) in [6.07, 6.45) is 5.60. The molecule has 1 unspecified atom stereocenters. The van der Waals surface area contributed by atoms with Gasteiger partial charge in [-0.1, -0.05) is 0 Å². The molecule has 2 rings (SSSR count). The fourth-order valence-electron chi connectivity index (χ4n) is 2.67. The molecule has 1 aromatic rings. The van der Waals surface area contributed by atoms with Crippen LogP contribution in [0.1, 0.15) is 31.4 Å². The largest absolute Gasteiger partial charge is 0.396 e. The van der Waals surface area contributed by atoms with Gasteiger partial charge in [0, 0.05) is 30.4 Å². The molecule has 0 aliphatic carbocycles. The molecule has 0 bridgehead atoms. The highest BCUT2D eigenvalue weighted by molar-refractivity contribution is 9.10. The van der Waals surface area contributed by atoms with Crippen LogP contribution in [-0.4, -0.2) is 40.7 Å². The first kappa shape index (κ1) is 16.2. The minimum absolute atomic E-state index is 0.0670. The van der Waals surface area contributed by atoms with Gasteiger partial charge in [0.2, 0.25) is 0 Å². The SMILES string of the molecule is Cc1ncc(Br)cc1NC(=O)N1CCCC(CCO)CC1. The zero-order valence-electron chi connectivity index (χ0n) is 12.3. The van der Waals surface area contributed by atoms with Crippen molar-refractivity contribution in [2.45, 2.75) is 32.6 Å². The second-order valence-electron chi connectivity index (χ2n) is 5.51. The number of pyridine rings is 1. The first-order valence-electron chi connectivity index (χ1n) is 7.39. The van der Waals surface area contributed by atoms with Gasteiger partial charge in [-0.2, -0.15) is 0 Å². The summed E-state index contributed by atoms with van der Waals surface area (Å²) in [6, 6.07) is 1.80. The van der Waals surface area contributed by atoms with Crippen LogP contribution < -0.4 is 5.32 Å². The van der Waals surface area contributed by atoms with E-state index in [4.69, 9.17) is 5.11 Å². The molecule has 2 amide bonds. The van der Waals surface area contributed by atoms with Crippen LogP contribution in [0.5, 0.6) is 0 Å². The summed E-state index contributed by atoms with van der Waals surface area (Å²) in [6.45, 7) is 3.63. The first-order valence-corrected chi connectivity index (χ1v) is 8.18. The summed E-state index contributed by atoms with van der Waals surface area (Å²) in [7, 11) is 0. The van der Waals surface area contributed by atoms with Gasteiger partial charge in [0.05, 0.1) is 11.4 Å². The molecule has 1 aliphatic heterocycles. The molecule has 1 fully saturated rings. The number of urea groups is 1. The topological polar surface area (TPSA) is 65.5 Å². The van der Waals surface area contributed by atoms with Crippen LogP contribution in [0.25, 0.3) is 0 Å². The number of hydrogen-bond acceptors (Lipinski definition) is 3. The normalized spacial score (nSPS) is 19.2. The van der Waals surface area contributed by atoms with Crippen LogP contribution in [0.4, 0.5) is 10.5 Å². The van der Waals surface area contributed by atoms with Crippen LogP contribution >= 0.6 is 15.9 Å². The number of nitrogens with one attached hydrogen (secondary N) is 1. The first-order chi connectivity index (χ1) is 10.1. The molecule has 1 atom stereocenters. The smallest absolute Gasteiger partial charge is 0.321 e. The highest BCUT2D eigenvalue weighted by atomic mass is 79.9. The maximum absolute atomic E-state index is 12.4. The van der Waals surface area contributed by atoms with Gasteiger partial charge in [-0.15, -0.1) is 0 Å². The molecule has 5 nitrogen and oxygen atoms in total.